The standard InChI is InChI=1S/C108H76F2N8/c1-66-34-40-72(41-35-66)78-45-52-97-90(59-78)91-60-79(73-42-36-67(2)37-43-73)46-53-98(91)118(97)102-65-89(87-31-19-21-33-96(87)110)83(63-94(102)108-115-105(76-26-14-8-15-27-76)112-106(116-108)77-28-16-9-17-29-77)58-71-39-50-85(70(5)57-71)81-48-55-100-93(62-81)92-61-80(84-49-38-68(3)56-69(84)4)47-54-99(92)117(100)101-64-82(86-30-18-20-32-95(86)109)44-51-88(101)107-113-103(74-22-10-6-11-23-74)111-104(114-107)75-24-12-7-13-25-75/h6-57,59-65H,58H2,1-5H3. The summed E-state index contributed by atoms with van der Waals surface area (Å²) in [5.41, 5.74) is 29.0. The van der Waals surface area contributed by atoms with Crippen molar-refractivity contribution in [2.45, 2.75) is 41.0 Å². The van der Waals surface area contributed by atoms with E-state index >= 15 is 8.78 Å². The highest BCUT2D eigenvalue weighted by atomic mass is 19.1. The Morgan fingerprint density at radius 2 is 0.559 bits per heavy atom. The molecule has 4 aromatic heterocycles. The normalized spacial score (nSPS) is 11.6. The van der Waals surface area contributed by atoms with Crippen LogP contribution >= 0.6 is 0 Å². The predicted octanol–water partition coefficient (Wildman–Crippen LogP) is 27.7. The van der Waals surface area contributed by atoms with E-state index in [4.69, 9.17) is 29.9 Å². The van der Waals surface area contributed by atoms with Gasteiger partial charge in [-0.05, 0) is 204 Å². The van der Waals surface area contributed by atoms with Crippen molar-refractivity contribution in [3.05, 3.63) is 408 Å². The Labute approximate surface area is 683 Å². The lowest BCUT2D eigenvalue weighted by molar-refractivity contribution is 0.631. The van der Waals surface area contributed by atoms with Gasteiger partial charge in [0.25, 0.3) is 0 Å². The quantitative estimate of drug-likeness (QED) is 0.0958. The van der Waals surface area contributed by atoms with Gasteiger partial charge in [0.1, 0.15) is 11.6 Å². The second-order valence-corrected chi connectivity index (χ2v) is 30.8. The SMILES string of the molecule is Cc1ccc(-c2ccc3c(c2)c2cc(-c4ccc(C)cc4)ccc2n3-c2cc(-c3ccccc3F)c(Cc3ccc(-c4ccc5c(c4)c4cc(-c6ccc(C)cc6C)ccc4n5-c4cc(-c5ccccc5F)ccc4-c4nc(-c5ccccc5)nc(-c5ccccc5)n4)c(C)c3)cc2-c2nc(-c3ccccc3)nc(-c3ccccc3)n2)cc1. The highest BCUT2D eigenvalue weighted by molar-refractivity contribution is 6.14. The summed E-state index contributed by atoms with van der Waals surface area (Å²) in [5.74, 6) is 2.36. The Morgan fingerprint density at radius 3 is 1.00 bits per heavy atom. The maximum absolute atomic E-state index is 17.4. The van der Waals surface area contributed by atoms with Gasteiger partial charge in [0.2, 0.25) is 0 Å². The Bertz CT molecular complexity index is 7100. The minimum atomic E-state index is -0.341. The minimum Gasteiger partial charge on any atom is -0.308 e. The van der Waals surface area contributed by atoms with E-state index in [1.54, 1.807) is 18.2 Å². The number of fused-ring (bicyclic) bond motifs is 6. The maximum Gasteiger partial charge on any atom is 0.166 e. The largest absolute Gasteiger partial charge is 0.308 e. The molecule has 0 radical (unpaired) electrons. The summed E-state index contributed by atoms with van der Waals surface area (Å²) in [6, 6.07) is 122. The fourth-order valence-electron chi connectivity index (χ4n) is 17.0. The van der Waals surface area contributed by atoms with Gasteiger partial charge in [-0.2, -0.15) is 0 Å². The Kier molecular flexibility index (Phi) is 18.4. The molecule has 0 bridgehead atoms. The molecule has 0 aliphatic rings. The molecule has 20 aromatic rings. The fourth-order valence-corrected chi connectivity index (χ4v) is 17.0. The summed E-state index contributed by atoms with van der Waals surface area (Å²) in [7, 11) is 0. The van der Waals surface area contributed by atoms with E-state index in [2.05, 4.69) is 220 Å². The number of hydrogen-bond donors (Lipinski definition) is 0. The first kappa shape index (κ1) is 72.0. The van der Waals surface area contributed by atoms with Crippen LogP contribution in [0.2, 0.25) is 0 Å². The van der Waals surface area contributed by atoms with E-state index in [1.807, 2.05) is 158 Å². The molecule has 562 valence electrons. The van der Waals surface area contributed by atoms with E-state index in [1.165, 1.54) is 28.3 Å². The number of hydrogen-bond acceptors (Lipinski definition) is 6. The molecular weight excluding hydrogens is 1450 g/mol. The Morgan fingerprint density at radius 1 is 0.220 bits per heavy atom. The molecule has 0 fully saturated rings. The monoisotopic (exact) mass is 1520 g/mol. The van der Waals surface area contributed by atoms with Gasteiger partial charge in [-0.1, -0.05) is 290 Å². The second kappa shape index (κ2) is 30.1. The molecular formula is C108H76F2N8. The van der Waals surface area contributed by atoms with Crippen molar-refractivity contribution in [2.24, 2.45) is 0 Å². The zero-order valence-electron chi connectivity index (χ0n) is 65.6. The van der Waals surface area contributed by atoms with Gasteiger partial charge in [-0.25, -0.2) is 38.7 Å². The lowest BCUT2D eigenvalue weighted by Gasteiger charge is -2.20. The third kappa shape index (κ3) is 13.5. The molecule has 0 unspecified atom stereocenters. The Balaban J connectivity index is 0.779. The average Bonchev–Trinajstić information content (AvgIpc) is 1.56. The van der Waals surface area contributed by atoms with E-state index < -0.39 is 0 Å². The van der Waals surface area contributed by atoms with Crippen LogP contribution in [-0.2, 0) is 6.42 Å². The summed E-state index contributed by atoms with van der Waals surface area (Å²) in [6.07, 6.45) is 0.413. The molecule has 20 rings (SSSR count). The van der Waals surface area contributed by atoms with Crippen LogP contribution in [0, 0.1) is 46.3 Å². The second-order valence-electron chi connectivity index (χ2n) is 30.8. The highest BCUT2D eigenvalue weighted by Crippen LogP contribution is 2.46. The Hall–Kier alpha value is -15.0. The van der Waals surface area contributed by atoms with Gasteiger partial charge in [-0.3, -0.25) is 0 Å². The number of aryl methyl sites for hydroxylation is 5. The van der Waals surface area contributed by atoms with Gasteiger partial charge in [0, 0.05) is 66.1 Å². The summed E-state index contributed by atoms with van der Waals surface area (Å²) in [4.78, 5) is 31.9. The van der Waals surface area contributed by atoms with Crippen LogP contribution in [0.3, 0.4) is 0 Å². The zero-order valence-corrected chi connectivity index (χ0v) is 65.6. The summed E-state index contributed by atoms with van der Waals surface area (Å²) in [6.45, 7) is 10.7. The number of nitrogens with zero attached hydrogens (tertiary/aromatic N) is 8. The van der Waals surface area contributed by atoms with Crippen molar-refractivity contribution in [3.8, 4) is 146 Å². The van der Waals surface area contributed by atoms with Crippen LogP contribution in [0.5, 0.6) is 0 Å². The van der Waals surface area contributed by atoms with Crippen molar-refractivity contribution in [2.75, 3.05) is 0 Å². The van der Waals surface area contributed by atoms with Gasteiger partial charge in [0.05, 0.1) is 33.4 Å². The third-order valence-corrected chi connectivity index (χ3v) is 22.9. The van der Waals surface area contributed by atoms with Crippen LogP contribution in [-0.4, -0.2) is 39.0 Å². The smallest absolute Gasteiger partial charge is 0.166 e. The molecule has 0 aliphatic heterocycles. The number of benzene rings is 16. The topological polar surface area (TPSA) is 87.2 Å². The summed E-state index contributed by atoms with van der Waals surface area (Å²) in [5, 5.41) is 4.17. The van der Waals surface area contributed by atoms with Crippen LogP contribution in [0.1, 0.15) is 38.9 Å². The van der Waals surface area contributed by atoms with Crippen molar-refractivity contribution in [1.82, 2.24) is 39.0 Å². The average molecular weight is 1520 g/mol. The van der Waals surface area contributed by atoms with E-state index in [-0.39, 0.29) is 11.6 Å². The number of halogens is 2. The lowest BCUT2D eigenvalue weighted by atomic mass is 9.89. The first-order valence-electron chi connectivity index (χ1n) is 39.9. The molecule has 0 amide bonds. The summed E-state index contributed by atoms with van der Waals surface area (Å²) >= 11 is 0. The molecule has 0 spiro atoms. The van der Waals surface area contributed by atoms with Gasteiger partial charge in [0.15, 0.2) is 34.9 Å². The molecule has 0 atom stereocenters. The summed E-state index contributed by atoms with van der Waals surface area (Å²) < 4.78 is 38.3. The van der Waals surface area contributed by atoms with Crippen molar-refractivity contribution in [1.29, 1.82) is 0 Å². The van der Waals surface area contributed by atoms with Gasteiger partial charge < -0.3 is 9.13 Å². The van der Waals surface area contributed by atoms with Crippen LogP contribution in [0.4, 0.5) is 8.78 Å². The van der Waals surface area contributed by atoms with Gasteiger partial charge >= 0.3 is 0 Å². The number of aromatic nitrogens is 8. The third-order valence-electron chi connectivity index (χ3n) is 22.9. The molecule has 0 N–H and O–H groups in total. The van der Waals surface area contributed by atoms with Gasteiger partial charge in [-0.15, -0.1) is 0 Å². The van der Waals surface area contributed by atoms with E-state index in [9.17, 15) is 0 Å². The number of rotatable bonds is 16. The molecule has 16 aromatic carbocycles. The minimum absolute atomic E-state index is 0.328. The van der Waals surface area contributed by atoms with Crippen LogP contribution in [0.25, 0.3) is 190 Å². The molecule has 4 heterocycles. The van der Waals surface area contributed by atoms with Crippen molar-refractivity contribution in [3.63, 3.8) is 0 Å². The zero-order chi connectivity index (χ0) is 79.6. The highest BCUT2D eigenvalue weighted by Gasteiger charge is 2.27. The van der Waals surface area contributed by atoms with Crippen LogP contribution in [0.15, 0.2) is 358 Å². The molecule has 8 nitrogen and oxygen atoms in total. The van der Waals surface area contributed by atoms with Crippen LogP contribution < -0.4 is 0 Å². The van der Waals surface area contributed by atoms with Crippen molar-refractivity contribution >= 4 is 43.6 Å². The van der Waals surface area contributed by atoms with E-state index in [0.717, 1.165) is 155 Å². The fraction of sp³-hybridized carbons (Fsp3) is 0.0556. The molecule has 118 heavy (non-hydrogen) atoms. The lowest BCUT2D eigenvalue weighted by Crippen LogP contribution is -2.06. The first-order chi connectivity index (χ1) is 57.8. The molecule has 0 aliphatic carbocycles. The molecule has 0 saturated heterocycles. The van der Waals surface area contributed by atoms with Crippen molar-refractivity contribution < 1.29 is 8.78 Å². The first-order valence-corrected chi connectivity index (χ1v) is 39.9. The maximum atomic E-state index is 17.4. The molecule has 0 saturated carbocycles. The predicted molar refractivity (Wildman–Crippen MR) is 480 cm³/mol. The van der Waals surface area contributed by atoms with E-state index in [0.29, 0.717) is 58.1 Å². The molecule has 10 heteroatoms.